The minimum Gasteiger partial charge on any atom is -0.450 e. The largest absolute Gasteiger partial charge is 0.450 e. The minimum atomic E-state index is -0.0514. The third-order valence-corrected chi connectivity index (χ3v) is 2.94. The molecule has 18 heavy (non-hydrogen) atoms. The number of fused-ring (bicyclic) bond motifs is 3. The van der Waals surface area contributed by atoms with Gasteiger partial charge < -0.3 is 9.64 Å². The molecule has 0 amide bonds. The minimum absolute atomic E-state index is 0.0514. The lowest BCUT2D eigenvalue weighted by Gasteiger charge is -2.06. The van der Waals surface area contributed by atoms with Gasteiger partial charge in [0, 0.05) is 25.7 Å². The molecule has 2 aromatic carbocycles. The van der Waals surface area contributed by atoms with Gasteiger partial charge in [0.2, 0.25) is 5.78 Å². The number of benzene rings is 2. The van der Waals surface area contributed by atoms with Crippen LogP contribution < -0.4 is 4.74 Å². The van der Waals surface area contributed by atoms with Crippen molar-refractivity contribution in [2.75, 3.05) is 14.1 Å². The molecule has 0 aromatic heterocycles. The lowest BCUT2D eigenvalue weighted by molar-refractivity contribution is 0.101. The van der Waals surface area contributed by atoms with Gasteiger partial charge in [-0.05, 0) is 11.5 Å². The van der Waals surface area contributed by atoms with E-state index in [-0.39, 0.29) is 5.78 Å². The van der Waals surface area contributed by atoms with Crippen LogP contribution in [0.3, 0.4) is 0 Å². The fourth-order valence-electron chi connectivity index (χ4n) is 2.14. The number of hydrogen-bond donors (Lipinski definition) is 0. The maximum Gasteiger partial charge on any atom is 0.233 e. The second-order valence-electron chi connectivity index (χ2n) is 4.55. The van der Waals surface area contributed by atoms with E-state index in [1.807, 2.05) is 50.5 Å². The zero-order valence-corrected chi connectivity index (χ0v) is 10.3. The number of ether oxygens (including phenoxy) is 1. The second-order valence-corrected chi connectivity index (χ2v) is 4.55. The Kier molecular flexibility index (Phi) is 2.33. The van der Waals surface area contributed by atoms with E-state index >= 15 is 0 Å². The Morgan fingerprint density at radius 1 is 1.11 bits per heavy atom. The summed E-state index contributed by atoms with van der Waals surface area (Å²) in [7, 11) is 3.73. The molecule has 3 nitrogen and oxygen atoms in total. The highest BCUT2D eigenvalue weighted by molar-refractivity contribution is 6.15. The number of rotatable bonds is 1. The van der Waals surface area contributed by atoms with Crippen molar-refractivity contribution in [2.45, 2.75) is 0 Å². The first kappa shape index (κ1) is 10.8. The molecule has 0 spiro atoms. The summed E-state index contributed by atoms with van der Waals surface area (Å²) in [6.45, 7) is 0. The van der Waals surface area contributed by atoms with Crippen molar-refractivity contribution < 1.29 is 9.53 Å². The van der Waals surface area contributed by atoms with Crippen molar-refractivity contribution in [3.8, 4) is 5.75 Å². The molecule has 0 saturated carbocycles. The van der Waals surface area contributed by atoms with Crippen LogP contribution in [0.5, 0.6) is 5.75 Å². The Balaban J connectivity index is 2.20. The monoisotopic (exact) mass is 239 g/mol. The first-order valence-corrected chi connectivity index (χ1v) is 5.79. The molecule has 3 rings (SSSR count). The average molecular weight is 239 g/mol. The van der Waals surface area contributed by atoms with E-state index in [9.17, 15) is 4.79 Å². The SMILES string of the molecule is CN(C)C=C1Oc2c(ccc3ccccc23)C1=O. The summed E-state index contributed by atoms with van der Waals surface area (Å²) in [6, 6.07) is 11.7. The summed E-state index contributed by atoms with van der Waals surface area (Å²) >= 11 is 0. The zero-order chi connectivity index (χ0) is 12.7. The normalized spacial score (nSPS) is 15.9. The van der Waals surface area contributed by atoms with Crippen LogP contribution in [-0.4, -0.2) is 24.8 Å². The van der Waals surface area contributed by atoms with Gasteiger partial charge in [-0.1, -0.05) is 30.3 Å². The van der Waals surface area contributed by atoms with Crippen molar-refractivity contribution in [3.05, 3.63) is 53.9 Å². The number of allylic oxidation sites excluding steroid dienone is 1. The first-order valence-electron chi connectivity index (χ1n) is 5.79. The molecule has 3 heteroatoms. The van der Waals surface area contributed by atoms with Crippen molar-refractivity contribution in [1.29, 1.82) is 0 Å². The molecule has 0 fully saturated rings. The van der Waals surface area contributed by atoms with E-state index in [0.29, 0.717) is 17.1 Å². The summed E-state index contributed by atoms with van der Waals surface area (Å²) in [4.78, 5) is 14.0. The molecule has 0 aliphatic carbocycles. The maximum absolute atomic E-state index is 12.2. The molecule has 90 valence electrons. The van der Waals surface area contributed by atoms with E-state index in [2.05, 4.69) is 0 Å². The quantitative estimate of drug-likeness (QED) is 0.717. The predicted octanol–water partition coefficient (Wildman–Crippen LogP) is 2.82. The van der Waals surface area contributed by atoms with Gasteiger partial charge in [-0.15, -0.1) is 0 Å². The Morgan fingerprint density at radius 3 is 2.67 bits per heavy atom. The lowest BCUT2D eigenvalue weighted by atomic mass is 10.0. The molecule has 0 radical (unpaired) electrons. The van der Waals surface area contributed by atoms with Gasteiger partial charge in [-0.3, -0.25) is 4.79 Å². The molecule has 0 N–H and O–H groups in total. The van der Waals surface area contributed by atoms with Gasteiger partial charge in [-0.2, -0.15) is 0 Å². The van der Waals surface area contributed by atoms with Crippen molar-refractivity contribution >= 4 is 16.6 Å². The van der Waals surface area contributed by atoms with Gasteiger partial charge in [-0.25, -0.2) is 0 Å². The molecule has 0 atom stereocenters. The summed E-state index contributed by atoms with van der Waals surface area (Å²) < 4.78 is 5.71. The van der Waals surface area contributed by atoms with Crippen molar-refractivity contribution in [3.63, 3.8) is 0 Å². The van der Waals surface area contributed by atoms with Crippen LogP contribution in [0, 0.1) is 0 Å². The van der Waals surface area contributed by atoms with E-state index < -0.39 is 0 Å². The second kappa shape index (κ2) is 3.88. The Hall–Kier alpha value is -2.29. The van der Waals surface area contributed by atoms with E-state index in [1.54, 1.807) is 11.1 Å². The van der Waals surface area contributed by atoms with Crippen LogP contribution in [0.25, 0.3) is 10.8 Å². The van der Waals surface area contributed by atoms with Crippen LogP contribution in [0.2, 0.25) is 0 Å². The first-order chi connectivity index (χ1) is 8.66. The Labute approximate surface area is 105 Å². The summed E-state index contributed by atoms with van der Waals surface area (Å²) in [5.74, 6) is 1.00. The third kappa shape index (κ3) is 1.56. The Bertz CT molecular complexity index is 671. The van der Waals surface area contributed by atoms with Crippen LogP contribution in [-0.2, 0) is 0 Å². The van der Waals surface area contributed by atoms with Crippen molar-refractivity contribution in [2.24, 2.45) is 0 Å². The van der Waals surface area contributed by atoms with Crippen molar-refractivity contribution in [1.82, 2.24) is 4.90 Å². The number of hydrogen-bond acceptors (Lipinski definition) is 3. The fourth-order valence-corrected chi connectivity index (χ4v) is 2.14. The summed E-state index contributed by atoms with van der Waals surface area (Å²) in [5, 5.41) is 2.06. The number of carbonyl (C=O) groups is 1. The topological polar surface area (TPSA) is 29.5 Å². The van der Waals surface area contributed by atoms with Crippen LogP contribution in [0.15, 0.2) is 48.4 Å². The highest BCUT2D eigenvalue weighted by Gasteiger charge is 2.28. The van der Waals surface area contributed by atoms with Gasteiger partial charge in [0.05, 0.1) is 5.56 Å². The summed E-state index contributed by atoms with van der Waals surface area (Å²) in [5.41, 5.74) is 0.641. The molecular formula is C15H13NO2. The van der Waals surface area contributed by atoms with E-state index in [4.69, 9.17) is 4.74 Å². The highest BCUT2D eigenvalue weighted by atomic mass is 16.5. The Morgan fingerprint density at radius 2 is 1.89 bits per heavy atom. The van der Waals surface area contributed by atoms with Crippen LogP contribution >= 0.6 is 0 Å². The zero-order valence-electron chi connectivity index (χ0n) is 10.3. The number of nitrogens with zero attached hydrogens (tertiary/aromatic N) is 1. The van der Waals surface area contributed by atoms with Crippen LogP contribution in [0.4, 0.5) is 0 Å². The lowest BCUT2D eigenvalue weighted by Crippen LogP contribution is -2.08. The van der Waals surface area contributed by atoms with Gasteiger partial charge in [0.15, 0.2) is 5.76 Å². The average Bonchev–Trinajstić information content (AvgIpc) is 2.66. The standard InChI is InChI=1S/C15H13NO2/c1-16(2)9-13-14(17)12-8-7-10-5-3-4-6-11(10)15(12)18-13/h3-9H,1-2H3. The molecule has 0 saturated heterocycles. The number of carbonyl (C=O) groups excluding carboxylic acids is 1. The fraction of sp³-hybridized carbons (Fsp3) is 0.133. The summed E-state index contributed by atoms with van der Waals surface area (Å²) in [6.07, 6.45) is 1.71. The molecule has 1 aliphatic rings. The maximum atomic E-state index is 12.2. The highest BCUT2D eigenvalue weighted by Crippen LogP contribution is 2.37. The van der Waals surface area contributed by atoms with E-state index in [0.717, 1.165) is 10.8 Å². The third-order valence-electron chi connectivity index (χ3n) is 2.94. The molecule has 0 unspecified atom stereocenters. The van der Waals surface area contributed by atoms with E-state index in [1.165, 1.54) is 0 Å². The predicted molar refractivity (Wildman–Crippen MR) is 70.7 cm³/mol. The molecule has 0 bridgehead atoms. The molecule has 1 heterocycles. The van der Waals surface area contributed by atoms with Gasteiger partial charge in [0.25, 0.3) is 0 Å². The molecule has 1 aliphatic heterocycles. The number of ketones is 1. The van der Waals surface area contributed by atoms with Gasteiger partial charge >= 0.3 is 0 Å². The molecule has 2 aromatic rings. The van der Waals surface area contributed by atoms with Gasteiger partial charge in [0.1, 0.15) is 5.75 Å². The molecular weight excluding hydrogens is 226 g/mol. The smallest absolute Gasteiger partial charge is 0.233 e. The number of Topliss-reactive ketones (excluding diaryl/α,β-unsaturated/α-hetero) is 1. The van der Waals surface area contributed by atoms with Crippen LogP contribution in [0.1, 0.15) is 10.4 Å².